The van der Waals surface area contributed by atoms with Gasteiger partial charge in [-0.15, -0.1) is 10.2 Å². The molecule has 4 aliphatic rings. The number of halogens is 1. The van der Waals surface area contributed by atoms with Crippen molar-refractivity contribution < 1.29 is 28.3 Å². The number of rotatable bonds is 8. The largest absolute Gasteiger partial charge is 0.496 e. The first-order valence-corrected chi connectivity index (χ1v) is 20.9. The molecule has 2 aromatic carbocycles. The summed E-state index contributed by atoms with van der Waals surface area (Å²) >= 11 is 0. The lowest BCUT2D eigenvalue weighted by Crippen LogP contribution is -2.45. The Hall–Kier alpha value is -6.50. The molecule has 0 radical (unpaired) electrons. The lowest BCUT2D eigenvalue weighted by Gasteiger charge is -2.38. The number of amides is 2. The van der Waals surface area contributed by atoms with Gasteiger partial charge in [-0.1, -0.05) is 0 Å². The van der Waals surface area contributed by atoms with Gasteiger partial charge in [-0.05, 0) is 88.1 Å². The number of nitrogens with one attached hydrogen (secondary N) is 2. The molecule has 4 saturated heterocycles. The number of allylic oxidation sites excluding steroid dienone is 2. The minimum atomic E-state index is -0.624. The summed E-state index contributed by atoms with van der Waals surface area (Å²) in [5.41, 5.74) is 4.74. The van der Waals surface area contributed by atoms with Gasteiger partial charge in [-0.2, -0.15) is 5.10 Å². The Kier molecular flexibility index (Phi) is 10.8. The summed E-state index contributed by atoms with van der Waals surface area (Å²) in [6.07, 6.45) is 12.3. The first-order valence-electron chi connectivity index (χ1n) is 20.9. The van der Waals surface area contributed by atoms with Crippen molar-refractivity contribution in [2.45, 2.75) is 69.7 Å². The predicted octanol–water partition coefficient (Wildman–Crippen LogP) is 5.45. The summed E-state index contributed by atoms with van der Waals surface area (Å²) in [5.74, 6) is 2.59. The second-order valence-electron chi connectivity index (χ2n) is 16.2. The number of ether oxygens (including phenoxy) is 1. The fourth-order valence-corrected chi connectivity index (χ4v) is 9.45. The van der Waals surface area contributed by atoms with Crippen molar-refractivity contribution in [1.29, 1.82) is 0 Å². The molecule has 0 saturated carbocycles. The van der Waals surface area contributed by atoms with E-state index in [1.807, 2.05) is 33.9 Å². The third-order valence-electron chi connectivity index (χ3n) is 12.7. The summed E-state index contributed by atoms with van der Waals surface area (Å²) < 4.78 is 25.2. The van der Waals surface area contributed by atoms with Gasteiger partial charge < -0.3 is 30.1 Å². The molecule has 4 aliphatic heterocycles. The molecular formula is C44H47FN10O5. The molecule has 4 fully saturated rings. The van der Waals surface area contributed by atoms with Crippen molar-refractivity contribution in [2.75, 3.05) is 61.5 Å². The maximum Gasteiger partial charge on any atom is 0.259 e. The summed E-state index contributed by atoms with van der Waals surface area (Å²) in [7, 11) is 1.47. The van der Waals surface area contributed by atoms with Crippen molar-refractivity contribution >= 4 is 57.3 Å². The van der Waals surface area contributed by atoms with E-state index in [2.05, 4.69) is 42.9 Å². The molecule has 2 amide bonds. The van der Waals surface area contributed by atoms with Crippen LogP contribution < -0.4 is 25.2 Å². The zero-order valence-corrected chi connectivity index (χ0v) is 33.5. The highest BCUT2D eigenvalue weighted by Gasteiger charge is 2.34. The number of hydrogen-bond acceptors (Lipinski definition) is 11. The van der Waals surface area contributed by atoms with E-state index in [0.29, 0.717) is 74.5 Å². The van der Waals surface area contributed by atoms with Crippen molar-refractivity contribution in [1.82, 2.24) is 34.6 Å². The van der Waals surface area contributed by atoms with Crippen molar-refractivity contribution in [3.05, 3.63) is 83.5 Å². The SMILES string of the molecule is COc1cc(N2CCC(C(=O)N3CCC(n4cc5cc(NC(=O)c6cccn7cnnc67)c(N6CCCCC6)cc5n4)CC3)CC2)cc(F)c1C1CCC(=C=O)NC1=C=O. The van der Waals surface area contributed by atoms with Gasteiger partial charge in [-0.3, -0.25) is 18.7 Å². The first kappa shape index (κ1) is 39.0. The highest BCUT2D eigenvalue weighted by molar-refractivity contribution is 6.10. The molecule has 9 rings (SSSR count). The van der Waals surface area contributed by atoms with Crippen LogP contribution in [-0.2, 0) is 14.4 Å². The van der Waals surface area contributed by atoms with E-state index in [1.54, 1.807) is 28.8 Å². The van der Waals surface area contributed by atoms with E-state index in [1.165, 1.54) is 19.6 Å². The lowest BCUT2D eigenvalue weighted by atomic mass is 9.86. The van der Waals surface area contributed by atoms with Crippen LogP contribution in [0.4, 0.5) is 21.5 Å². The number of benzene rings is 2. The van der Waals surface area contributed by atoms with Crippen LogP contribution in [-0.4, -0.2) is 99.4 Å². The van der Waals surface area contributed by atoms with Gasteiger partial charge in [0.15, 0.2) is 5.65 Å². The van der Waals surface area contributed by atoms with Crippen LogP contribution in [0.3, 0.4) is 0 Å². The standard InChI is InChI=1S/C44H47FN10O5/c1-60-40-22-32(21-35(45)41(40)33-8-7-30(25-56)47-38(33)26-57)51-16-9-28(10-17-51)44(59)53-18-11-31(12-19-53)55-24-29-20-37(39(23-36(29)50-55)52-13-3-2-4-14-52)48-43(58)34-6-5-15-54-27-46-49-42(34)54/h5-6,15,20-24,27-28,31,33,47H,2-4,7-14,16-19H2,1H3,(H,48,58). The number of nitrogens with zero attached hydrogens (tertiary/aromatic N) is 8. The lowest BCUT2D eigenvalue weighted by molar-refractivity contribution is -0.137. The van der Waals surface area contributed by atoms with Gasteiger partial charge in [0.1, 0.15) is 41.2 Å². The molecule has 3 aromatic heterocycles. The number of likely N-dealkylation sites (tertiary alicyclic amines) is 1. The van der Waals surface area contributed by atoms with Gasteiger partial charge in [0, 0.05) is 86.2 Å². The molecule has 0 bridgehead atoms. The molecular weight excluding hydrogens is 768 g/mol. The number of hydrogen-bond donors (Lipinski definition) is 2. The molecule has 60 heavy (non-hydrogen) atoms. The fourth-order valence-electron chi connectivity index (χ4n) is 9.45. The fraction of sp³-hybridized carbons (Fsp3) is 0.432. The molecule has 1 atom stereocenters. The van der Waals surface area contributed by atoms with Crippen LogP contribution in [0.5, 0.6) is 5.75 Å². The maximum absolute atomic E-state index is 15.8. The van der Waals surface area contributed by atoms with Crippen LogP contribution in [0.2, 0.25) is 0 Å². The van der Waals surface area contributed by atoms with Crippen LogP contribution in [0, 0.1) is 11.7 Å². The monoisotopic (exact) mass is 814 g/mol. The Bertz CT molecular complexity index is 2550. The van der Waals surface area contributed by atoms with Gasteiger partial charge >= 0.3 is 0 Å². The highest BCUT2D eigenvalue weighted by atomic mass is 19.1. The Labute approximate surface area is 345 Å². The average molecular weight is 815 g/mol. The van der Waals surface area contributed by atoms with E-state index >= 15 is 4.39 Å². The number of piperidine rings is 4. The summed E-state index contributed by atoms with van der Waals surface area (Å²) in [6, 6.07) is 11.0. The molecule has 0 aliphatic carbocycles. The Morgan fingerprint density at radius 3 is 2.48 bits per heavy atom. The van der Waals surface area contributed by atoms with Gasteiger partial charge in [0.05, 0.1) is 35.6 Å². The van der Waals surface area contributed by atoms with E-state index in [0.717, 1.165) is 61.1 Å². The number of fused-ring (bicyclic) bond motifs is 2. The number of anilines is 3. The Balaban J connectivity index is 0.841. The minimum Gasteiger partial charge on any atom is -0.496 e. The maximum atomic E-state index is 15.8. The van der Waals surface area contributed by atoms with Crippen LogP contribution in [0.15, 0.2) is 66.5 Å². The van der Waals surface area contributed by atoms with Gasteiger partial charge in [0.2, 0.25) is 5.91 Å². The summed E-state index contributed by atoms with van der Waals surface area (Å²) in [4.78, 5) is 56.7. The Morgan fingerprint density at radius 1 is 0.933 bits per heavy atom. The summed E-state index contributed by atoms with van der Waals surface area (Å²) in [5, 5.41) is 20.0. The highest BCUT2D eigenvalue weighted by Crippen LogP contribution is 2.42. The number of carbonyl (C=O) groups excluding carboxylic acids is 4. The van der Waals surface area contributed by atoms with Gasteiger partial charge in [0.25, 0.3) is 5.91 Å². The zero-order valence-electron chi connectivity index (χ0n) is 33.5. The quantitative estimate of drug-likeness (QED) is 0.192. The molecule has 15 nitrogen and oxygen atoms in total. The van der Waals surface area contributed by atoms with Crippen LogP contribution in [0.1, 0.15) is 85.7 Å². The number of methoxy groups -OCH3 is 1. The topological polar surface area (TPSA) is 159 Å². The van der Waals surface area contributed by atoms with Gasteiger partial charge in [-0.25, -0.2) is 14.0 Å². The summed E-state index contributed by atoms with van der Waals surface area (Å²) in [6.45, 7) is 4.26. The van der Waals surface area contributed by atoms with Crippen molar-refractivity contribution in [2.24, 2.45) is 5.92 Å². The van der Waals surface area contributed by atoms with Crippen molar-refractivity contribution in [3.63, 3.8) is 0 Å². The molecule has 0 spiro atoms. The molecule has 16 heteroatoms. The van der Waals surface area contributed by atoms with Crippen molar-refractivity contribution in [3.8, 4) is 5.75 Å². The number of aromatic nitrogens is 5. The molecule has 7 heterocycles. The van der Waals surface area contributed by atoms with E-state index < -0.39 is 11.7 Å². The average Bonchev–Trinajstić information content (AvgIpc) is 3.96. The van der Waals surface area contributed by atoms with Crippen LogP contribution in [0.25, 0.3) is 16.6 Å². The van der Waals surface area contributed by atoms with E-state index in [-0.39, 0.29) is 40.7 Å². The predicted molar refractivity (Wildman–Crippen MR) is 223 cm³/mol. The second kappa shape index (κ2) is 16.6. The third-order valence-corrected chi connectivity index (χ3v) is 12.7. The smallest absolute Gasteiger partial charge is 0.259 e. The first-order chi connectivity index (χ1) is 29.3. The second-order valence-corrected chi connectivity index (χ2v) is 16.2. The minimum absolute atomic E-state index is 0.0866. The number of pyridine rings is 1. The van der Waals surface area contributed by atoms with E-state index in [4.69, 9.17) is 9.84 Å². The molecule has 5 aromatic rings. The number of carbonyl (C=O) groups is 2. The third kappa shape index (κ3) is 7.48. The molecule has 1 unspecified atom stereocenters. The van der Waals surface area contributed by atoms with E-state index in [9.17, 15) is 19.2 Å². The molecule has 310 valence electrons. The Morgan fingerprint density at radius 2 is 1.73 bits per heavy atom. The normalized spacial score (nSPS) is 19.3. The van der Waals surface area contributed by atoms with Crippen LogP contribution >= 0.6 is 0 Å². The zero-order chi connectivity index (χ0) is 41.3. The molecule has 2 N–H and O–H groups in total.